The van der Waals surface area contributed by atoms with Crippen molar-refractivity contribution in [3.63, 3.8) is 0 Å². The van der Waals surface area contributed by atoms with Gasteiger partial charge in [0, 0.05) is 17.1 Å². The first-order valence-corrected chi connectivity index (χ1v) is 6.13. The van der Waals surface area contributed by atoms with Gasteiger partial charge in [0.2, 0.25) is 0 Å². The predicted molar refractivity (Wildman–Crippen MR) is 61.5 cm³/mol. The molecule has 0 saturated heterocycles. The van der Waals surface area contributed by atoms with E-state index >= 15 is 0 Å². The van der Waals surface area contributed by atoms with Crippen LogP contribution < -0.4 is 0 Å². The molecular formula is C12H14O2S. The van der Waals surface area contributed by atoms with E-state index in [1.54, 1.807) is 0 Å². The summed E-state index contributed by atoms with van der Waals surface area (Å²) in [5.74, 6) is 1.06. The van der Waals surface area contributed by atoms with Crippen LogP contribution >= 0.6 is 11.8 Å². The average Bonchev–Trinajstić information content (AvgIpc) is 2.57. The molecule has 1 aromatic rings. The van der Waals surface area contributed by atoms with Gasteiger partial charge >= 0.3 is 5.97 Å². The van der Waals surface area contributed by atoms with Crippen molar-refractivity contribution in [1.82, 2.24) is 0 Å². The van der Waals surface area contributed by atoms with E-state index in [9.17, 15) is 4.79 Å². The molecule has 1 aliphatic rings. The summed E-state index contributed by atoms with van der Waals surface area (Å²) in [6, 6.07) is 6.35. The first-order chi connectivity index (χ1) is 7.16. The summed E-state index contributed by atoms with van der Waals surface area (Å²) in [4.78, 5) is 11.8. The monoisotopic (exact) mass is 222 g/mol. The van der Waals surface area contributed by atoms with Crippen LogP contribution in [0.5, 0.6) is 0 Å². The molecule has 0 aliphatic carbocycles. The van der Waals surface area contributed by atoms with E-state index in [1.165, 1.54) is 10.5 Å². The van der Waals surface area contributed by atoms with Gasteiger partial charge in [-0.3, -0.25) is 4.79 Å². The lowest BCUT2D eigenvalue weighted by Gasteiger charge is -2.05. The van der Waals surface area contributed by atoms with Crippen LogP contribution in [0.15, 0.2) is 23.1 Å². The zero-order valence-corrected chi connectivity index (χ0v) is 9.51. The Hall–Kier alpha value is -0.960. The highest BCUT2D eigenvalue weighted by molar-refractivity contribution is 7.99. The number of carboxylic acids is 1. The molecule has 2 rings (SSSR count). The van der Waals surface area contributed by atoms with Gasteiger partial charge < -0.3 is 5.11 Å². The second kappa shape index (κ2) is 4.27. The van der Waals surface area contributed by atoms with Crippen molar-refractivity contribution < 1.29 is 9.90 Å². The summed E-state index contributed by atoms with van der Waals surface area (Å²) >= 11 is 1.88. The summed E-state index contributed by atoms with van der Waals surface area (Å²) in [7, 11) is 0. The number of aliphatic carboxylic acids is 1. The molecule has 0 amide bonds. The van der Waals surface area contributed by atoms with E-state index in [0.29, 0.717) is 12.3 Å². The average molecular weight is 222 g/mol. The Kier molecular flexibility index (Phi) is 3.00. The summed E-state index contributed by atoms with van der Waals surface area (Å²) in [6.45, 7) is 2.23. The molecule has 1 heterocycles. The third-order valence-electron chi connectivity index (χ3n) is 2.73. The van der Waals surface area contributed by atoms with E-state index in [4.69, 9.17) is 5.11 Å². The topological polar surface area (TPSA) is 37.3 Å². The van der Waals surface area contributed by atoms with Crippen molar-refractivity contribution in [3.05, 3.63) is 29.3 Å². The van der Waals surface area contributed by atoms with Crippen molar-refractivity contribution in [2.75, 3.05) is 5.75 Å². The number of aryl methyl sites for hydroxylation is 1. The predicted octanol–water partition coefficient (Wildman–Crippen LogP) is 2.91. The van der Waals surface area contributed by atoms with Crippen LogP contribution in [0, 0.1) is 0 Å². The maximum absolute atomic E-state index is 10.5. The number of fused-ring (bicyclic) bond motifs is 1. The number of thioether (sulfide) groups is 1. The first kappa shape index (κ1) is 10.6. The number of carboxylic acid groups (broad SMARTS) is 1. The lowest BCUT2D eigenvalue weighted by Crippen LogP contribution is -1.98. The highest BCUT2D eigenvalue weighted by Crippen LogP contribution is 2.39. The largest absolute Gasteiger partial charge is 0.481 e. The van der Waals surface area contributed by atoms with Crippen LogP contribution in [-0.4, -0.2) is 16.8 Å². The molecule has 1 aromatic carbocycles. The minimum Gasteiger partial charge on any atom is -0.481 e. The van der Waals surface area contributed by atoms with E-state index in [1.807, 2.05) is 11.8 Å². The van der Waals surface area contributed by atoms with Crippen molar-refractivity contribution >= 4 is 17.7 Å². The minimum atomic E-state index is -0.725. The first-order valence-electron chi connectivity index (χ1n) is 5.14. The van der Waals surface area contributed by atoms with Gasteiger partial charge in [0.1, 0.15) is 0 Å². The molecule has 15 heavy (non-hydrogen) atoms. The van der Waals surface area contributed by atoms with Crippen molar-refractivity contribution in [1.29, 1.82) is 0 Å². The van der Waals surface area contributed by atoms with Crippen LogP contribution in [0.4, 0.5) is 0 Å². The van der Waals surface area contributed by atoms with Crippen LogP contribution in [0.25, 0.3) is 0 Å². The highest BCUT2D eigenvalue weighted by atomic mass is 32.2. The molecule has 1 N–H and O–H groups in total. The van der Waals surface area contributed by atoms with Crippen molar-refractivity contribution in [3.8, 4) is 0 Å². The quantitative estimate of drug-likeness (QED) is 0.854. The lowest BCUT2D eigenvalue weighted by atomic mass is 10.0. The fourth-order valence-electron chi connectivity index (χ4n) is 1.82. The molecule has 0 aromatic heterocycles. The van der Waals surface area contributed by atoms with Crippen LogP contribution in [0.2, 0.25) is 0 Å². The van der Waals surface area contributed by atoms with E-state index in [-0.39, 0.29) is 6.42 Å². The number of carbonyl (C=O) groups is 1. The molecule has 2 nitrogen and oxygen atoms in total. The Labute approximate surface area is 93.7 Å². The number of rotatable bonds is 3. The normalized spacial score (nSPS) is 18.9. The maximum Gasteiger partial charge on any atom is 0.303 e. The number of benzene rings is 1. The van der Waals surface area contributed by atoms with Crippen LogP contribution in [0.1, 0.15) is 30.4 Å². The van der Waals surface area contributed by atoms with Crippen LogP contribution in [-0.2, 0) is 11.2 Å². The standard InChI is InChI=1S/C12H14O2S/c1-8-7-15-11-6-9(2-4-10(8)11)3-5-12(13)14/h2,4,6,8H,3,5,7H2,1H3,(H,13,14). The molecule has 0 fully saturated rings. The summed E-state index contributed by atoms with van der Waals surface area (Å²) < 4.78 is 0. The highest BCUT2D eigenvalue weighted by Gasteiger charge is 2.18. The Morgan fingerprint density at radius 2 is 2.40 bits per heavy atom. The van der Waals surface area contributed by atoms with E-state index in [0.717, 1.165) is 11.3 Å². The molecule has 0 spiro atoms. The smallest absolute Gasteiger partial charge is 0.303 e. The minimum absolute atomic E-state index is 0.221. The SMILES string of the molecule is CC1CSc2cc(CCC(=O)O)ccc21. The molecule has 1 atom stereocenters. The Bertz CT molecular complexity index is 387. The third-order valence-corrected chi connectivity index (χ3v) is 4.06. The second-order valence-corrected chi connectivity index (χ2v) is 5.04. The zero-order chi connectivity index (χ0) is 10.8. The Morgan fingerprint density at radius 3 is 3.13 bits per heavy atom. The van der Waals surface area contributed by atoms with Gasteiger partial charge in [-0.2, -0.15) is 0 Å². The fourth-order valence-corrected chi connectivity index (χ4v) is 3.10. The maximum atomic E-state index is 10.5. The molecule has 0 radical (unpaired) electrons. The van der Waals surface area contributed by atoms with Gasteiger partial charge in [-0.15, -0.1) is 11.8 Å². The van der Waals surface area contributed by atoms with E-state index in [2.05, 4.69) is 25.1 Å². The molecule has 0 bridgehead atoms. The van der Waals surface area contributed by atoms with Crippen molar-refractivity contribution in [2.45, 2.75) is 30.6 Å². The summed E-state index contributed by atoms with van der Waals surface area (Å²) in [6.07, 6.45) is 0.858. The van der Waals surface area contributed by atoms with Gasteiger partial charge in [-0.1, -0.05) is 19.1 Å². The molecule has 3 heteroatoms. The molecule has 0 saturated carbocycles. The summed E-state index contributed by atoms with van der Waals surface area (Å²) in [5, 5.41) is 8.61. The Balaban J connectivity index is 2.12. The van der Waals surface area contributed by atoms with Gasteiger partial charge in [-0.05, 0) is 29.5 Å². The molecule has 1 aliphatic heterocycles. The molecular weight excluding hydrogens is 208 g/mol. The fraction of sp³-hybridized carbons (Fsp3) is 0.417. The van der Waals surface area contributed by atoms with Gasteiger partial charge in [0.05, 0.1) is 0 Å². The van der Waals surface area contributed by atoms with Gasteiger partial charge in [-0.25, -0.2) is 0 Å². The lowest BCUT2D eigenvalue weighted by molar-refractivity contribution is -0.136. The number of hydrogen-bond acceptors (Lipinski definition) is 2. The van der Waals surface area contributed by atoms with Crippen LogP contribution in [0.3, 0.4) is 0 Å². The zero-order valence-electron chi connectivity index (χ0n) is 8.69. The van der Waals surface area contributed by atoms with E-state index < -0.39 is 5.97 Å². The van der Waals surface area contributed by atoms with Crippen molar-refractivity contribution in [2.24, 2.45) is 0 Å². The molecule has 80 valence electrons. The van der Waals surface area contributed by atoms with Gasteiger partial charge in [0.25, 0.3) is 0 Å². The second-order valence-electron chi connectivity index (χ2n) is 3.98. The Morgan fingerprint density at radius 1 is 1.60 bits per heavy atom. The van der Waals surface area contributed by atoms with Gasteiger partial charge in [0.15, 0.2) is 0 Å². The number of hydrogen-bond donors (Lipinski definition) is 1. The third kappa shape index (κ3) is 2.34. The molecule has 1 unspecified atom stereocenters. The summed E-state index contributed by atoms with van der Waals surface area (Å²) in [5.41, 5.74) is 2.55.